The van der Waals surface area contributed by atoms with Crippen LogP contribution in [0.4, 0.5) is 10.1 Å². The van der Waals surface area contributed by atoms with Crippen LogP contribution >= 0.6 is 11.6 Å². The number of anilines is 1. The summed E-state index contributed by atoms with van der Waals surface area (Å²) < 4.78 is 45.6. The van der Waals surface area contributed by atoms with Crippen LogP contribution in [0, 0.1) is 5.82 Å². The summed E-state index contributed by atoms with van der Waals surface area (Å²) in [4.78, 5) is 12.6. The van der Waals surface area contributed by atoms with Gasteiger partial charge in [-0.05, 0) is 43.3 Å². The first-order valence-electron chi connectivity index (χ1n) is 8.77. The highest BCUT2D eigenvalue weighted by atomic mass is 35.5. The minimum absolute atomic E-state index is 0.0279. The highest BCUT2D eigenvalue weighted by Crippen LogP contribution is 2.30. The van der Waals surface area contributed by atoms with Crippen LogP contribution in [0.25, 0.3) is 0 Å². The van der Waals surface area contributed by atoms with Crippen molar-refractivity contribution in [3.05, 3.63) is 52.8 Å². The molecule has 1 amide bonds. The van der Waals surface area contributed by atoms with Crippen LogP contribution in [0.3, 0.4) is 0 Å². The van der Waals surface area contributed by atoms with E-state index in [1.54, 1.807) is 20.8 Å². The van der Waals surface area contributed by atoms with E-state index in [2.05, 4.69) is 5.32 Å². The summed E-state index contributed by atoms with van der Waals surface area (Å²) in [5.74, 6) is -0.861. The number of hydrogen-bond acceptors (Lipinski definition) is 4. The van der Waals surface area contributed by atoms with Gasteiger partial charge in [0.2, 0.25) is 10.0 Å². The maximum absolute atomic E-state index is 13.2. The Bertz CT molecular complexity index is 962. The van der Waals surface area contributed by atoms with Gasteiger partial charge in [-0.15, -0.1) is 0 Å². The Hall–Kier alpha value is -2.16. The Kier molecular flexibility index (Phi) is 7.40. The van der Waals surface area contributed by atoms with Crippen LogP contribution in [0.2, 0.25) is 5.02 Å². The molecule has 0 aliphatic carbocycles. The lowest BCUT2D eigenvalue weighted by molar-refractivity contribution is 0.102. The lowest BCUT2D eigenvalue weighted by Crippen LogP contribution is -2.30. The van der Waals surface area contributed by atoms with Crippen LogP contribution in [-0.4, -0.2) is 38.3 Å². The van der Waals surface area contributed by atoms with Gasteiger partial charge in [0.05, 0.1) is 27.8 Å². The zero-order valence-electron chi connectivity index (χ0n) is 15.8. The second-order valence-corrected chi connectivity index (χ2v) is 8.10. The van der Waals surface area contributed by atoms with Crippen molar-refractivity contribution in [2.24, 2.45) is 0 Å². The summed E-state index contributed by atoms with van der Waals surface area (Å²) in [6, 6.07) is 7.66. The smallest absolute Gasteiger partial charge is 0.257 e. The van der Waals surface area contributed by atoms with Crippen molar-refractivity contribution < 1.29 is 22.3 Å². The fraction of sp³-hybridized carbons (Fsp3) is 0.316. The molecule has 0 unspecified atom stereocenters. The van der Waals surface area contributed by atoms with Crippen LogP contribution in [0.1, 0.15) is 31.1 Å². The molecule has 2 aromatic carbocycles. The monoisotopic (exact) mass is 428 g/mol. The van der Waals surface area contributed by atoms with Gasteiger partial charge in [-0.1, -0.05) is 25.4 Å². The Morgan fingerprint density at radius 1 is 1.14 bits per heavy atom. The Balaban J connectivity index is 2.45. The molecular formula is C19H22ClFN2O4S. The Labute approximate surface area is 169 Å². The SMILES string of the molecule is CCOc1ccc(S(=O)(=O)N(CC)CC)cc1NC(=O)c1ccc(F)cc1Cl. The standard InChI is InChI=1S/C19H22ClFN2O4S/c1-4-23(5-2)28(25,26)14-8-10-18(27-6-3)17(12-14)22-19(24)15-9-7-13(21)11-16(15)20/h7-12H,4-6H2,1-3H3,(H,22,24). The van der Waals surface area contributed by atoms with E-state index in [1.165, 1.54) is 28.6 Å². The molecule has 0 heterocycles. The van der Waals surface area contributed by atoms with E-state index in [1.807, 2.05) is 0 Å². The van der Waals surface area contributed by atoms with E-state index in [0.29, 0.717) is 25.4 Å². The molecule has 0 fully saturated rings. The van der Waals surface area contributed by atoms with Gasteiger partial charge in [-0.3, -0.25) is 4.79 Å². The highest BCUT2D eigenvalue weighted by Gasteiger charge is 2.23. The number of amides is 1. The van der Waals surface area contributed by atoms with Crippen LogP contribution in [0.15, 0.2) is 41.3 Å². The van der Waals surface area contributed by atoms with Gasteiger partial charge in [-0.2, -0.15) is 4.31 Å². The molecule has 0 saturated carbocycles. The lowest BCUT2D eigenvalue weighted by atomic mass is 10.2. The highest BCUT2D eigenvalue weighted by molar-refractivity contribution is 7.89. The Morgan fingerprint density at radius 3 is 2.39 bits per heavy atom. The number of ether oxygens (including phenoxy) is 1. The van der Waals surface area contributed by atoms with Crippen molar-refractivity contribution in [2.45, 2.75) is 25.7 Å². The number of benzene rings is 2. The van der Waals surface area contributed by atoms with Gasteiger partial charge < -0.3 is 10.1 Å². The lowest BCUT2D eigenvalue weighted by Gasteiger charge is -2.20. The normalized spacial score (nSPS) is 11.5. The molecular weight excluding hydrogens is 407 g/mol. The topological polar surface area (TPSA) is 75.7 Å². The number of nitrogens with zero attached hydrogens (tertiary/aromatic N) is 1. The zero-order chi connectivity index (χ0) is 20.9. The summed E-state index contributed by atoms with van der Waals surface area (Å²) in [6.07, 6.45) is 0. The molecule has 0 atom stereocenters. The van der Waals surface area contributed by atoms with Crippen LogP contribution in [0.5, 0.6) is 5.75 Å². The molecule has 0 aliphatic heterocycles. The summed E-state index contributed by atoms with van der Waals surface area (Å²) >= 11 is 5.94. The van der Waals surface area contributed by atoms with Crippen molar-refractivity contribution in [1.29, 1.82) is 0 Å². The van der Waals surface area contributed by atoms with E-state index in [-0.39, 0.29) is 21.2 Å². The molecule has 0 aromatic heterocycles. The fourth-order valence-electron chi connectivity index (χ4n) is 2.62. The van der Waals surface area contributed by atoms with Crippen molar-refractivity contribution in [3.63, 3.8) is 0 Å². The molecule has 2 aromatic rings. The maximum Gasteiger partial charge on any atom is 0.257 e. The molecule has 0 bridgehead atoms. The molecule has 0 radical (unpaired) electrons. The predicted octanol–water partition coefficient (Wildman–Crippen LogP) is 4.16. The van der Waals surface area contributed by atoms with E-state index in [9.17, 15) is 17.6 Å². The summed E-state index contributed by atoms with van der Waals surface area (Å²) in [5.41, 5.74) is 0.239. The molecule has 1 N–H and O–H groups in total. The first kappa shape index (κ1) is 22.1. The largest absolute Gasteiger partial charge is 0.492 e. The Morgan fingerprint density at radius 2 is 1.82 bits per heavy atom. The summed E-state index contributed by atoms with van der Waals surface area (Å²) in [7, 11) is -3.72. The van der Waals surface area contributed by atoms with Gasteiger partial charge in [0.25, 0.3) is 5.91 Å². The number of nitrogens with one attached hydrogen (secondary N) is 1. The minimum atomic E-state index is -3.72. The van der Waals surface area contributed by atoms with E-state index in [4.69, 9.17) is 16.3 Å². The molecule has 2 rings (SSSR count). The van der Waals surface area contributed by atoms with Crippen LogP contribution in [-0.2, 0) is 10.0 Å². The third-order valence-electron chi connectivity index (χ3n) is 4.02. The van der Waals surface area contributed by atoms with Crippen molar-refractivity contribution in [1.82, 2.24) is 4.31 Å². The van der Waals surface area contributed by atoms with Gasteiger partial charge in [0.1, 0.15) is 11.6 Å². The molecule has 9 heteroatoms. The van der Waals surface area contributed by atoms with Gasteiger partial charge in [-0.25, -0.2) is 12.8 Å². The molecule has 152 valence electrons. The molecule has 6 nitrogen and oxygen atoms in total. The molecule has 0 spiro atoms. The first-order chi connectivity index (χ1) is 13.2. The number of hydrogen-bond donors (Lipinski definition) is 1. The molecule has 0 aliphatic rings. The number of sulfonamides is 1. The predicted molar refractivity (Wildman–Crippen MR) is 107 cm³/mol. The molecule has 28 heavy (non-hydrogen) atoms. The van der Waals surface area contributed by atoms with E-state index in [0.717, 1.165) is 12.1 Å². The van der Waals surface area contributed by atoms with Crippen molar-refractivity contribution in [2.75, 3.05) is 25.0 Å². The van der Waals surface area contributed by atoms with Gasteiger partial charge in [0.15, 0.2) is 0 Å². The number of halogens is 2. The minimum Gasteiger partial charge on any atom is -0.492 e. The average molecular weight is 429 g/mol. The average Bonchev–Trinajstić information content (AvgIpc) is 2.63. The summed E-state index contributed by atoms with van der Waals surface area (Å²) in [5, 5.41) is 2.55. The first-order valence-corrected chi connectivity index (χ1v) is 10.6. The van der Waals surface area contributed by atoms with E-state index < -0.39 is 21.7 Å². The number of carbonyl (C=O) groups excluding carboxylic acids is 1. The molecule has 0 saturated heterocycles. The van der Waals surface area contributed by atoms with E-state index >= 15 is 0 Å². The quantitative estimate of drug-likeness (QED) is 0.685. The third kappa shape index (κ3) is 4.81. The third-order valence-corrected chi connectivity index (χ3v) is 6.38. The van der Waals surface area contributed by atoms with Gasteiger partial charge in [0, 0.05) is 13.1 Å². The summed E-state index contributed by atoms with van der Waals surface area (Å²) in [6.45, 7) is 6.22. The van der Waals surface area contributed by atoms with Gasteiger partial charge >= 0.3 is 0 Å². The number of rotatable bonds is 8. The zero-order valence-corrected chi connectivity index (χ0v) is 17.4. The van der Waals surface area contributed by atoms with Crippen molar-refractivity contribution in [3.8, 4) is 5.75 Å². The van der Waals surface area contributed by atoms with Crippen LogP contribution < -0.4 is 10.1 Å². The number of carbonyl (C=O) groups is 1. The second-order valence-electron chi connectivity index (χ2n) is 5.76. The van der Waals surface area contributed by atoms with Crippen molar-refractivity contribution >= 4 is 33.2 Å². The fourth-order valence-corrected chi connectivity index (χ4v) is 4.36. The maximum atomic E-state index is 13.2. The second kappa shape index (κ2) is 9.36.